The lowest BCUT2D eigenvalue weighted by Gasteiger charge is -2.26. The molecular formula is C20H25N3O4S. The smallest absolute Gasteiger partial charge is 0.251 e. The van der Waals surface area contributed by atoms with Gasteiger partial charge in [-0.3, -0.25) is 14.0 Å². The minimum atomic E-state index is -3.27. The van der Waals surface area contributed by atoms with E-state index < -0.39 is 10.0 Å². The van der Waals surface area contributed by atoms with E-state index in [2.05, 4.69) is 10.2 Å². The van der Waals surface area contributed by atoms with Gasteiger partial charge in [0, 0.05) is 18.7 Å². The lowest BCUT2D eigenvalue weighted by molar-refractivity contribution is 0.0933. The molecule has 0 radical (unpaired) electrons. The molecule has 4 rings (SSSR count). The number of anilines is 1. The van der Waals surface area contributed by atoms with Crippen molar-refractivity contribution in [2.45, 2.75) is 25.3 Å². The van der Waals surface area contributed by atoms with Crippen LogP contribution < -0.4 is 9.62 Å². The topological polar surface area (TPSA) is 82.9 Å². The van der Waals surface area contributed by atoms with Gasteiger partial charge in [-0.05, 0) is 62.7 Å². The van der Waals surface area contributed by atoms with Crippen molar-refractivity contribution < 1.29 is 17.6 Å². The van der Waals surface area contributed by atoms with Crippen LogP contribution in [0.2, 0.25) is 0 Å². The van der Waals surface area contributed by atoms with Crippen molar-refractivity contribution in [2.24, 2.45) is 0 Å². The molecule has 2 aliphatic rings. The number of rotatable bonds is 6. The molecule has 1 amide bonds. The summed E-state index contributed by atoms with van der Waals surface area (Å²) in [6.07, 6.45) is 4.56. The first-order valence-corrected chi connectivity index (χ1v) is 11.3. The predicted molar refractivity (Wildman–Crippen MR) is 107 cm³/mol. The third-order valence-corrected chi connectivity index (χ3v) is 7.27. The molecule has 7 nitrogen and oxygen atoms in total. The number of carbonyl (C=O) groups is 1. The molecule has 2 aliphatic heterocycles. The summed E-state index contributed by atoms with van der Waals surface area (Å²) in [6, 6.07) is 10.6. The number of carbonyl (C=O) groups excluding carboxylic acids is 1. The highest BCUT2D eigenvalue weighted by atomic mass is 32.2. The molecule has 1 N–H and O–H groups in total. The minimum absolute atomic E-state index is 0.00333. The van der Waals surface area contributed by atoms with E-state index in [1.807, 2.05) is 12.1 Å². The summed E-state index contributed by atoms with van der Waals surface area (Å²) in [5.74, 6) is 0.790. The number of likely N-dealkylation sites (tertiary alicyclic amines) is 1. The fraction of sp³-hybridized carbons (Fsp3) is 0.450. The molecule has 8 heteroatoms. The molecule has 0 saturated carbocycles. The van der Waals surface area contributed by atoms with Crippen molar-refractivity contribution in [2.75, 3.05) is 36.2 Å². The maximum atomic E-state index is 12.7. The van der Waals surface area contributed by atoms with Crippen LogP contribution in [0.3, 0.4) is 0 Å². The predicted octanol–water partition coefficient (Wildman–Crippen LogP) is 2.39. The molecule has 2 fully saturated rings. The first kappa shape index (κ1) is 19.0. The van der Waals surface area contributed by atoms with Crippen LogP contribution in [0.15, 0.2) is 47.1 Å². The van der Waals surface area contributed by atoms with E-state index in [0.29, 0.717) is 30.8 Å². The van der Waals surface area contributed by atoms with Crippen LogP contribution in [0.4, 0.5) is 5.69 Å². The molecule has 2 aromatic rings. The molecule has 0 spiro atoms. The summed E-state index contributed by atoms with van der Waals surface area (Å²) in [5, 5.41) is 2.99. The molecule has 1 unspecified atom stereocenters. The van der Waals surface area contributed by atoms with E-state index in [4.69, 9.17) is 4.42 Å². The van der Waals surface area contributed by atoms with Gasteiger partial charge < -0.3 is 9.73 Å². The molecule has 0 aliphatic carbocycles. The number of hydrogen-bond acceptors (Lipinski definition) is 5. The van der Waals surface area contributed by atoms with Gasteiger partial charge in [-0.25, -0.2) is 8.42 Å². The van der Waals surface area contributed by atoms with E-state index in [-0.39, 0.29) is 17.7 Å². The Kier molecular flexibility index (Phi) is 5.41. The molecule has 1 aromatic heterocycles. The molecule has 3 heterocycles. The van der Waals surface area contributed by atoms with Crippen molar-refractivity contribution in [3.63, 3.8) is 0 Å². The number of furan rings is 1. The van der Waals surface area contributed by atoms with Gasteiger partial charge in [0.15, 0.2) is 0 Å². The maximum Gasteiger partial charge on any atom is 0.251 e. The first-order chi connectivity index (χ1) is 13.5. The van der Waals surface area contributed by atoms with E-state index in [0.717, 1.165) is 31.7 Å². The van der Waals surface area contributed by atoms with E-state index in [9.17, 15) is 13.2 Å². The van der Waals surface area contributed by atoms with Crippen LogP contribution in [0, 0.1) is 0 Å². The first-order valence-electron chi connectivity index (χ1n) is 9.71. The zero-order valence-electron chi connectivity index (χ0n) is 15.7. The highest BCUT2D eigenvalue weighted by molar-refractivity contribution is 7.93. The normalized spacial score (nSPS) is 20.4. The van der Waals surface area contributed by atoms with Crippen molar-refractivity contribution in [3.8, 4) is 0 Å². The summed E-state index contributed by atoms with van der Waals surface area (Å²) in [6.45, 7) is 2.88. The molecule has 2 saturated heterocycles. The molecule has 28 heavy (non-hydrogen) atoms. The Morgan fingerprint density at radius 2 is 1.93 bits per heavy atom. The second-order valence-electron chi connectivity index (χ2n) is 7.28. The van der Waals surface area contributed by atoms with E-state index >= 15 is 0 Å². The van der Waals surface area contributed by atoms with Gasteiger partial charge in [-0.2, -0.15) is 0 Å². The number of nitrogens with zero attached hydrogens (tertiary/aromatic N) is 2. The Labute approximate surface area is 165 Å². The molecule has 150 valence electrons. The second-order valence-corrected chi connectivity index (χ2v) is 9.29. The van der Waals surface area contributed by atoms with Crippen molar-refractivity contribution in [1.29, 1.82) is 0 Å². The number of hydrogen-bond donors (Lipinski definition) is 1. The molecule has 1 atom stereocenters. The van der Waals surface area contributed by atoms with Crippen LogP contribution in [-0.4, -0.2) is 51.2 Å². The molecule has 0 bridgehead atoms. The quantitative estimate of drug-likeness (QED) is 0.801. The molecular weight excluding hydrogens is 378 g/mol. The number of sulfonamides is 1. The van der Waals surface area contributed by atoms with Gasteiger partial charge in [0.05, 0.1) is 23.7 Å². The zero-order valence-corrected chi connectivity index (χ0v) is 16.5. The van der Waals surface area contributed by atoms with Crippen LogP contribution in [-0.2, 0) is 10.0 Å². The third-order valence-electron chi connectivity index (χ3n) is 5.40. The fourth-order valence-electron chi connectivity index (χ4n) is 3.97. The van der Waals surface area contributed by atoms with Gasteiger partial charge >= 0.3 is 0 Å². The number of benzene rings is 1. The van der Waals surface area contributed by atoms with Gasteiger partial charge in [-0.15, -0.1) is 0 Å². The number of amides is 1. The highest BCUT2D eigenvalue weighted by Crippen LogP contribution is 2.26. The maximum absolute atomic E-state index is 12.7. The summed E-state index contributed by atoms with van der Waals surface area (Å²) >= 11 is 0. The van der Waals surface area contributed by atoms with Crippen molar-refractivity contribution >= 4 is 21.6 Å². The van der Waals surface area contributed by atoms with E-state index in [1.165, 1.54) is 4.31 Å². The average Bonchev–Trinajstić information content (AvgIpc) is 3.44. The standard InChI is InChI=1S/C20H25N3O4S/c24-20(16-6-3-7-17(14-16)23-11-5-13-28(23,25)26)21-15-18(19-8-4-12-27-19)22-9-1-2-10-22/h3-4,6-8,12,14,18H,1-2,5,9-11,13,15H2,(H,21,24). The third kappa shape index (κ3) is 3.93. The lowest BCUT2D eigenvalue weighted by atomic mass is 10.1. The second kappa shape index (κ2) is 7.97. The Balaban J connectivity index is 1.46. The SMILES string of the molecule is O=C(NCC(c1ccco1)N1CCCC1)c1cccc(N2CCCS2(=O)=O)c1. The van der Waals surface area contributed by atoms with Crippen LogP contribution in [0.25, 0.3) is 0 Å². The average molecular weight is 404 g/mol. The summed E-state index contributed by atoms with van der Waals surface area (Å²) in [7, 11) is -3.27. The van der Waals surface area contributed by atoms with Crippen molar-refractivity contribution in [3.05, 3.63) is 54.0 Å². The monoisotopic (exact) mass is 403 g/mol. The summed E-state index contributed by atoms with van der Waals surface area (Å²) < 4.78 is 31.3. The highest BCUT2D eigenvalue weighted by Gasteiger charge is 2.29. The summed E-state index contributed by atoms with van der Waals surface area (Å²) in [4.78, 5) is 15.1. The number of nitrogens with one attached hydrogen (secondary N) is 1. The van der Waals surface area contributed by atoms with Gasteiger partial charge in [0.25, 0.3) is 5.91 Å². The zero-order chi connectivity index (χ0) is 19.6. The van der Waals surface area contributed by atoms with Crippen LogP contribution in [0.5, 0.6) is 0 Å². The van der Waals surface area contributed by atoms with Crippen molar-refractivity contribution in [1.82, 2.24) is 10.2 Å². The Hall–Kier alpha value is -2.32. The minimum Gasteiger partial charge on any atom is -0.468 e. The Morgan fingerprint density at radius 1 is 1.11 bits per heavy atom. The Bertz CT molecular complexity index is 921. The van der Waals surface area contributed by atoms with Crippen LogP contribution in [0.1, 0.15) is 41.4 Å². The Morgan fingerprint density at radius 3 is 2.61 bits per heavy atom. The van der Waals surface area contributed by atoms with Crippen LogP contribution >= 0.6 is 0 Å². The largest absolute Gasteiger partial charge is 0.468 e. The molecule has 1 aromatic carbocycles. The fourth-order valence-corrected chi connectivity index (χ4v) is 5.52. The summed E-state index contributed by atoms with van der Waals surface area (Å²) in [5.41, 5.74) is 1.01. The lowest BCUT2D eigenvalue weighted by Crippen LogP contribution is -2.36. The van der Waals surface area contributed by atoms with Gasteiger partial charge in [0.1, 0.15) is 5.76 Å². The van der Waals surface area contributed by atoms with E-state index in [1.54, 1.807) is 30.5 Å². The van der Waals surface area contributed by atoms with Gasteiger partial charge in [-0.1, -0.05) is 6.07 Å². The van der Waals surface area contributed by atoms with Gasteiger partial charge in [0.2, 0.25) is 10.0 Å².